The van der Waals surface area contributed by atoms with Crippen LogP contribution in [0.15, 0.2) is 36.4 Å². The molecule has 0 aliphatic carbocycles. The summed E-state index contributed by atoms with van der Waals surface area (Å²) in [6, 6.07) is 10.4. The van der Waals surface area contributed by atoms with Crippen LogP contribution in [0.3, 0.4) is 0 Å². The summed E-state index contributed by atoms with van der Waals surface area (Å²) in [6.07, 6.45) is 0. The molecule has 0 N–H and O–H groups in total. The molecule has 0 aliphatic rings. The van der Waals surface area contributed by atoms with Gasteiger partial charge in [-0.1, -0.05) is 24.3 Å². The Bertz CT molecular complexity index is 542. The van der Waals surface area contributed by atoms with E-state index in [-0.39, 0.29) is 5.69 Å². The molecule has 82 valence electrons. The van der Waals surface area contributed by atoms with Crippen molar-refractivity contribution in [3.05, 3.63) is 46.5 Å². The molecule has 2 aromatic rings. The Labute approximate surface area is 100 Å². The minimum Gasteiger partial charge on any atom is -0.482 e. The minimum absolute atomic E-state index is 0.0367. The number of hydrogen-bond acceptors (Lipinski definition) is 3. The van der Waals surface area contributed by atoms with Gasteiger partial charge < -0.3 is 4.74 Å². The van der Waals surface area contributed by atoms with E-state index in [1.165, 1.54) is 12.1 Å². The quantitative estimate of drug-likeness (QED) is 0.492. The van der Waals surface area contributed by atoms with Gasteiger partial charge in [0, 0.05) is 11.5 Å². The number of hydrogen-bond donors (Lipinski definition) is 0. The SMILES string of the molecule is O=[N+]([O-])c1cc(OCBr)c2ccccc2c1. The van der Waals surface area contributed by atoms with E-state index in [1.54, 1.807) is 0 Å². The lowest BCUT2D eigenvalue weighted by Crippen LogP contribution is -1.93. The van der Waals surface area contributed by atoms with Crippen LogP contribution < -0.4 is 4.74 Å². The first-order valence-corrected chi connectivity index (χ1v) is 5.70. The number of ether oxygens (including phenoxy) is 1. The zero-order chi connectivity index (χ0) is 11.5. The molecule has 0 fully saturated rings. The lowest BCUT2D eigenvalue weighted by molar-refractivity contribution is -0.384. The predicted octanol–water partition coefficient (Wildman–Crippen LogP) is 3.48. The Morgan fingerprint density at radius 3 is 2.75 bits per heavy atom. The lowest BCUT2D eigenvalue weighted by atomic mass is 10.1. The highest BCUT2D eigenvalue weighted by Crippen LogP contribution is 2.31. The Morgan fingerprint density at radius 1 is 1.31 bits per heavy atom. The van der Waals surface area contributed by atoms with Crippen LogP contribution in [0, 0.1) is 10.1 Å². The summed E-state index contributed by atoms with van der Waals surface area (Å²) in [5.74, 6) is 0.515. The summed E-state index contributed by atoms with van der Waals surface area (Å²) in [7, 11) is 0. The number of non-ortho nitro benzene ring substituents is 1. The number of nitro benzene ring substituents is 1. The molecule has 2 aromatic carbocycles. The summed E-state index contributed by atoms with van der Waals surface area (Å²) in [5, 5.41) is 12.4. The van der Waals surface area contributed by atoms with E-state index >= 15 is 0 Å². The maximum Gasteiger partial charge on any atom is 0.273 e. The van der Waals surface area contributed by atoms with Crippen molar-refractivity contribution in [3.63, 3.8) is 0 Å². The topological polar surface area (TPSA) is 52.4 Å². The van der Waals surface area contributed by atoms with Crippen LogP contribution in [0.1, 0.15) is 0 Å². The van der Waals surface area contributed by atoms with Gasteiger partial charge in [-0.05, 0) is 21.3 Å². The smallest absolute Gasteiger partial charge is 0.273 e. The van der Waals surface area contributed by atoms with Crippen molar-refractivity contribution in [2.45, 2.75) is 0 Å². The minimum atomic E-state index is -0.423. The van der Waals surface area contributed by atoms with Gasteiger partial charge in [0.1, 0.15) is 11.3 Å². The molecule has 0 heterocycles. The fourth-order valence-corrected chi connectivity index (χ4v) is 1.79. The fourth-order valence-electron chi connectivity index (χ4n) is 1.54. The van der Waals surface area contributed by atoms with Gasteiger partial charge in [0.25, 0.3) is 5.69 Å². The second-order valence-corrected chi connectivity index (χ2v) is 3.63. The molecule has 2 rings (SSSR count). The van der Waals surface area contributed by atoms with Gasteiger partial charge in [-0.2, -0.15) is 0 Å². The van der Waals surface area contributed by atoms with Gasteiger partial charge in [0.2, 0.25) is 0 Å². The largest absolute Gasteiger partial charge is 0.482 e. The second kappa shape index (κ2) is 4.49. The van der Waals surface area contributed by atoms with Gasteiger partial charge in [0.15, 0.2) is 0 Å². The molecule has 0 aliphatic heterocycles. The number of rotatable bonds is 3. The van der Waals surface area contributed by atoms with Crippen LogP contribution in [-0.4, -0.2) is 10.4 Å². The Morgan fingerprint density at radius 2 is 2.06 bits per heavy atom. The molecule has 0 bridgehead atoms. The standard InChI is InChI=1S/C11H8BrNO3/c12-7-16-11-6-9(13(14)15)5-8-3-1-2-4-10(8)11/h1-6H,7H2. The molecule has 0 spiro atoms. The van der Waals surface area contributed by atoms with Crippen LogP contribution in [0.25, 0.3) is 10.8 Å². The highest BCUT2D eigenvalue weighted by molar-refractivity contribution is 9.09. The number of alkyl halides is 1. The lowest BCUT2D eigenvalue weighted by Gasteiger charge is -2.06. The summed E-state index contributed by atoms with van der Waals surface area (Å²) in [4.78, 5) is 10.3. The van der Waals surface area contributed by atoms with E-state index in [9.17, 15) is 10.1 Å². The summed E-state index contributed by atoms with van der Waals surface area (Å²) >= 11 is 3.14. The predicted molar refractivity (Wildman–Crippen MR) is 65.0 cm³/mol. The summed E-state index contributed by atoms with van der Waals surface area (Å²) in [5.41, 5.74) is 0.340. The van der Waals surface area contributed by atoms with E-state index in [0.29, 0.717) is 11.3 Å². The number of nitro groups is 1. The molecular formula is C11H8BrNO3. The second-order valence-electron chi connectivity index (χ2n) is 3.18. The normalized spacial score (nSPS) is 10.3. The fraction of sp³-hybridized carbons (Fsp3) is 0.0909. The molecule has 0 aromatic heterocycles. The highest BCUT2D eigenvalue weighted by atomic mass is 79.9. The van der Waals surface area contributed by atoms with Gasteiger partial charge in [0.05, 0.1) is 11.0 Å². The van der Waals surface area contributed by atoms with Crippen molar-refractivity contribution in [1.82, 2.24) is 0 Å². The van der Waals surface area contributed by atoms with Crippen molar-refractivity contribution in [2.75, 3.05) is 5.52 Å². The van der Waals surface area contributed by atoms with Crippen LogP contribution in [0.2, 0.25) is 0 Å². The van der Waals surface area contributed by atoms with Crippen molar-refractivity contribution in [3.8, 4) is 5.75 Å². The summed E-state index contributed by atoms with van der Waals surface area (Å²) < 4.78 is 5.32. The van der Waals surface area contributed by atoms with Crippen molar-refractivity contribution in [1.29, 1.82) is 0 Å². The molecular weight excluding hydrogens is 274 g/mol. The van der Waals surface area contributed by atoms with E-state index in [1.807, 2.05) is 24.3 Å². The van der Waals surface area contributed by atoms with E-state index in [0.717, 1.165) is 10.8 Å². The Hall–Kier alpha value is -1.62. The van der Waals surface area contributed by atoms with E-state index < -0.39 is 4.92 Å². The number of fused-ring (bicyclic) bond motifs is 1. The Kier molecular flexibility index (Phi) is 3.05. The van der Waals surface area contributed by atoms with Crippen LogP contribution >= 0.6 is 15.9 Å². The monoisotopic (exact) mass is 281 g/mol. The summed E-state index contributed by atoms with van der Waals surface area (Å²) in [6.45, 7) is 0. The maximum atomic E-state index is 10.7. The van der Waals surface area contributed by atoms with E-state index in [2.05, 4.69) is 15.9 Å². The molecule has 0 saturated carbocycles. The first-order chi connectivity index (χ1) is 7.72. The van der Waals surface area contributed by atoms with Gasteiger partial charge in [-0.25, -0.2) is 0 Å². The van der Waals surface area contributed by atoms with Crippen molar-refractivity contribution in [2.24, 2.45) is 0 Å². The molecule has 16 heavy (non-hydrogen) atoms. The van der Waals surface area contributed by atoms with Crippen LogP contribution in [-0.2, 0) is 0 Å². The van der Waals surface area contributed by atoms with Gasteiger partial charge in [-0.15, -0.1) is 0 Å². The molecule has 0 unspecified atom stereocenters. The molecule has 0 saturated heterocycles. The molecule has 0 radical (unpaired) electrons. The van der Waals surface area contributed by atoms with Crippen LogP contribution in [0.4, 0.5) is 5.69 Å². The molecule has 0 amide bonds. The van der Waals surface area contributed by atoms with Crippen molar-refractivity contribution < 1.29 is 9.66 Å². The average molecular weight is 282 g/mol. The molecule has 5 heteroatoms. The zero-order valence-electron chi connectivity index (χ0n) is 8.22. The third-order valence-corrected chi connectivity index (χ3v) is 2.46. The third kappa shape index (κ3) is 1.99. The maximum absolute atomic E-state index is 10.7. The average Bonchev–Trinajstić information content (AvgIpc) is 2.29. The van der Waals surface area contributed by atoms with E-state index in [4.69, 9.17) is 4.74 Å². The van der Waals surface area contributed by atoms with Crippen LogP contribution in [0.5, 0.6) is 5.75 Å². The zero-order valence-corrected chi connectivity index (χ0v) is 9.81. The molecule has 4 nitrogen and oxygen atoms in total. The number of benzene rings is 2. The third-order valence-electron chi connectivity index (χ3n) is 2.23. The van der Waals surface area contributed by atoms with Gasteiger partial charge >= 0.3 is 0 Å². The van der Waals surface area contributed by atoms with Crippen molar-refractivity contribution >= 4 is 32.4 Å². The van der Waals surface area contributed by atoms with Gasteiger partial charge in [-0.3, -0.25) is 10.1 Å². The molecule has 0 atom stereocenters. The first kappa shape index (κ1) is 10.9. The highest BCUT2D eigenvalue weighted by Gasteiger charge is 2.11. The number of halogens is 1. The first-order valence-electron chi connectivity index (χ1n) is 4.58. The Balaban J connectivity index is 2.68. The number of nitrogens with zero attached hydrogens (tertiary/aromatic N) is 1.